The lowest BCUT2D eigenvalue weighted by atomic mass is 9.91. The van der Waals surface area contributed by atoms with Gasteiger partial charge < -0.3 is 5.73 Å². The zero-order valence-electron chi connectivity index (χ0n) is 11.6. The van der Waals surface area contributed by atoms with Crippen LogP contribution in [0.1, 0.15) is 25.3 Å². The Labute approximate surface area is 117 Å². The van der Waals surface area contributed by atoms with E-state index in [0.29, 0.717) is 18.0 Å². The number of nitrogens with zero attached hydrogens (tertiary/aromatic N) is 2. The number of benzene rings is 1. The van der Waals surface area contributed by atoms with Crippen LogP contribution in [0.5, 0.6) is 0 Å². The Morgan fingerprint density at radius 1 is 1.50 bits per heavy atom. The first-order valence-electron chi connectivity index (χ1n) is 6.88. The molecule has 20 heavy (non-hydrogen) atoms. The maximum absolute atomic E-state index is 13.8. The Bertz CT molecular complexity index is 485. The van der Waals surface area contributed by atoms with Crippen molar-refractivity contribution in [2.24, 2.45) is 11.7 Å². The minimum atomic E-state index is -0.582. The molecule has 0 bridgehead atoms. The average Bonchev–Trinajstić information content (AvgIpc) is 2.41. The van der Waals surface area contributed by atoms with Crippen LogP contribution in [0.2, 0.25) is 0 Å². The highest BCUT2D eigenvalue weighted by Gasteiger charge is 2.22. The van der Waals surface area contributed by atoms with Crippen LogP contribution >= 0.6 is 0 Å². The molecule has 110 valence electrons. The molecule has 1 heterocycles. The first kappa shape index (κ1) is 14.9. The van der Waals surface area contributed by atoms with Gasteiger partial charge in [0.05, 0.1) is 11.0 Å². The molecule has 1 unspecified atom stereocenters. The zero-order valence-corrected chi connectivity index (χ0v) is 11.6. The minimum Gasteiger partial charge on any atom is -0.328 e. The molecule has 1 aliphatic heterocycles. The van der Waals surface area contributed by atoms with Gasteiger partial charge in [-0.3, -0.25) is 15.0 Å². The molecule has 0 saturated carbocycles. The van der Waals surface area contributed by atoms with Gasteiger partial charge in [0.2, 0.25) is 0 Å². The van der Waals surface area contributed by atoms with Crippen molar-refractivity contribution in [3.05, 3.63) is 39.7 Å². The van der Waals surface area contributed by atoms with E-state index in [1.165, 1.54) is 12.1 Å². The summed E-state index contributed by atoms with van der Waals surface area (Å²) in [4.78, 5) is 12.2. The van der Waals surface area contributed by atoms with Crippen LogP contribution < -0.4 is 5.73 Å². The van der Waals surface area contributed by atoms with Crippen LogP contribution in [0.25, 0.3) is 0 Å². The number of nitro groups is 1. The van der Waals surface area contributed by atoms with Gasteiger partial charge in [-0.1, -0.05) is 0 Å². The summed E-state index contributed by atoms with van der Waals surface area (Å²) >= 11 is 0. The highest BCUT2D eigenvalue weighted by atomic mass is 19.1. The third-order valence-electron chi connectivity index (χ3n) is 4.02. The smallest absolute Gasteiger partial charge is 0.272 e. The molecule has 2 rings (SSSR count). The van der Waals surface area contributed by atoms with Gasteiger partial charge in [0.1, 0.15) is 5.82 Å². The van der Waals surface area contributed by atoms with Gasteiger partial charge in [-0.2, -0.15) is 0 Å². The summed E-state index contributed by atoms with van der Waals surface area (Å²) in [6, 6.07) is 4.05. The number of nitrogens with two attached hydrogens (primary N) is 1. The number of hydrogen-bond acceptors (Lipinski definition) is 4. The Kier molecular flexibility index (Phi) is 4.67. The first-order chi connectivity index (χ1) is 9.47. The van der Waals surface area contributed by atoms with Crippen molar-refractivity contribution < 1.29 is 9.31 Å². The van der Waals surface area contributed by atoms with E-state index in [1.54, 1.807) is 0 Å². The first-order valence-corrected chi connectivity index (χ1v) is 6.88. The van der Waals surface area contributed by atoms with Gasteiger partial charge >= 0.3 is 0 Å². The van der Waals surface area contributed by atoms with Crippen molar-refractivity contribution in [3.8, 4) is 0 Å². The molecule has 0 amide bonds. The highest BCUT2D eigenvalue weighted by Crippen LogP contribution is 2.23. The lowest BCUT2D eigenvalue weighted by molar-refractivity contribution is -0.385. The number of rotatable bonds is 4. The lowest BCUT2D eigenvalue weighted by Gasteiger charge is -2.33. The Hall–Kier alpha value is -1.53. The van der Waals surface area contributed by atoms with Gasteiger partial charge in [0, 0.05) is 24.2 Å². The van der Waals surface area contributed by atoms with Crippen molar-refractivity contribution in [1.29, 1.82) is 0 Å². The van der Waals surface area contributed by atoms with Crippen LogP contribution in [0.15, 0.2) is 18.2 Å². The molecule has 1 aromatic carbocycles. The Morgan fingerprint density at radius 2 is 2.15 bits per heavy atom. The third kappa shape index (κ3) is 3.52. The van der Waals surface area contributed by atoms with Crippen LogP contribution in [0, 0.1) is 21.8 Å². The molecule has 1 atom stereocenters. The number of likely N-dealkylation sites (tertiary alicyclic amines) is 1. The molecule has 5 nitrogen and oxygen atoms in total. The standard InChI is InChI=1S/C14H20FN3O2/c1-10(16)11-4-6-17(7-5-11)9-12-2-3-13(18(19)20)8-14(12)15/h2-3,8,10-11H,4-7,9,16H2,1H3. The van der Waals surface area contributed by atoms with Gasteiger partial charge in [-0.15, -0.1) is 0 Å². The number of piperidine rings is 1. The maximum atomic E-state index is 13.8. The topological polar surface area (TPSA) is 72.4 Å². The monoisotopic (exact) mass is 281 g/mol. The van der Waals surface area contributed by atoms with Gasteiger partial charge in [-0.05, 0) is 44.8 Å². The van der Waals surface area contributed by atoms with Gasteiger partial charge in [0.15, 0.2) is 0 Å². The summed E-state index contributed by atoms with van der Waals surface area (Å²) in [6.45, 7) is 4.30. The van der Waals surface area contributed by atoms with Crippen molar-refractivity contribution in [3.63, 3.8) is 0 Å². The van der Waals surface area contributed by atoms with Crippen molar-refractivity contribution >= 4 is 5.69 Å². The second-order valence-corrected chi connectivity index (χ2v) is 5.51. The quantitative estimate of drug-likeness (QED) is 0.679. The number of non-ortho nitro benzene ring substituents is 1. The second kappa shape index (κ2) is 6.28. The van der Waals surface area contributed by atoms with Crippen molar-refractivity contribution in [2.45, 2.75) is 32.4 Å². The fraction of sp³-hybridized carbons (Fsp3) is 0.571. The summed E-state index contributed by atoms with van der Waals surface area (Å²) in [7, 11) is 0. The van der Waals surface area contributed by atoms with E-state index in [0.717, 1.165) is 32.0 Å². The molecule has 1 fully saturated rings. The minimum absolute atomic E-state index is 0.202. The molecule has 2 N–H and O–H groups in total. The number of hydrogen-bond donors (Lipinski definition) is 1. The highest BCUT2D eigenvalue weighted by molar-refractivity contribution is 5.34. The average molecular weight is 281 g/mol. The van der Waals surface area contributed by atoms with Crippen molar-refractivity contribution in [1.82, 2.24) is 4.90 Å². The maximum Gasteiger partial charge on any atom is 0.272 e. The predicted molar refractivity (Wildman–Crippen MR) is 74.7 cm³/mol. The van der Waals surface area contributed by atoms with E-state index < -0.39 is 10.7 Å². The molecule has 0 spiro atoms. The predicted octanol–water partition coefficient (Wildman–Crippen LogP) is 2.29. The van der Waals surface area contributed by atoms with Crippen molar-refractivity contribution in [2.75, 3.05) is 13.1 Å². The fourth-order valence-electron chi connectivity index (χ4n) is 2.66. The van der Waals surface area contributed by atoms with E-state index in [9.17, 15) is 14.5 Å². The summed E-state index contributed by atoms with van der Waals surface area (Å²) in [5.41, 5.74) is 6.19. The molecular weight excluding hydrogens is 261 g/mol. The molecule has 1 aromatic rings. The molecule has 6 heteroatoms. The Morgan fingerprint density at radius 3 is 2.65 bits per heavy atom. The summed E-state index contributed by atoms with van der Waals surface area (Å²) in [6.07, 6.45) is 2.04. The second-order valence-electron chi connectivity index (χ2n) is 5.51. The molecule has 0 radical (unpaired) electrons. The van der Waals surface area contributed by atoms with Crippen LogP contribution in [-0.4, -0.2) is 29.0 Å². The summed E-state index contributed by atoms with van der Waals surface area (Å²) < 4.78 is 13.8. The SMILES string of the molecule is CC(N)C1CCN(Cc2ccc([N+](=O)[O-])cc2F)CC1. The van der Waals surface area contributed by atoms with E-state index in [4.69, 9.17) is 5.73 Å². The number of halogens is 1. The molecule has 1 aliphatic rings. The molecule has 1 saturated heterocycles. The van der Waals surface area contributed by atoms with Gasteiger partial charge in [0.25, 0.3) is 5.69 Å². The fourth-order valence-corrected chi connectivity index (χ4v) is 2.66. The third-order valence-corrected chi connectivity index (χ3v) is 4.02. The summed E-state index contributed by atoms with van der Waals surface area (Å²) in [5.74, 6) is 0.0291. The Balaban J connectivity index is 1.96. The van der Waals surface area contributed by atoms with E-state index >= 15 is 0 Å². The molecular formula is C14H20FN3O2. The zero-order chi connectivity index (χ0) is 14.7. The van der Waals surface area contributed by atoms with Crippen LogP contribution in [0.4, 0.5) is 10.1 Å². The molecule has 0 aromatic heterocycles. The van der Waals surface area contributed by atoms with E-state index in [2.05, 4.69) is 4.90 Å². The number of nitro benzene ring substituents is 1. The van der Waals surface area contributed by atoms with E-state index in [-0.39, 0.29) is 11.7 Å². The summed E-state index contributed by atoms with van der Waals surface area (Å²) in [5, 5.41) is 10.6. The van der Waals surface area contributed by atoms with Gasteiger partial charge in [-0.25, -0.2) is 4.39 Å². The lowest BCUT2D eigenvalue weighted by Crippen LogP contribution is -2.39. The molecule has 0 aliphatic carbocycles. The normalized spacial score (nSPS) is 18.9. The van der Waals surface area contributed by atoms with E-state index in [1.807, 2.05) is 6.92 Å². The van der Waals surface area contributed by atoms with Crippen LogP contribution in [-0.2, 0) is 6.54 Å². The van der Waals surface area contributed by atoms with Crippen LogP contribution in [0.3, 0.4) is 0 Å². The largest absolute Gasteiger partial charge is 0.328 e.